The van der Waals surface area contributed by atoms with E-state index in [1.165, 1.54) is 10.8 Å². The molecule has 256 valence electrons. The first-order chi connectivity index (χ1) is 22.7. The van der Waals surface area contributed by atoms with Crippen molar-refractivity contribution in [3.8, 4) is 11.5 Å². The zero-order valence-electron chi connectivity index (χ0n) is 28.9. The lowest BCUT2D eigenvalue weighted by molar-refractivity contribution is -0.0830. The number of aromatic amines is 1. The predicted octanol–water partition coefficient (Wildman–Crippen LogP) is 5.29. The lowest BCUT2D eigenvalue weighted by atomic mass is 9.80. The topological polar surface area (TPSA) is 121 Å². The van der Waals surface area contributed by atoms with Crippen LogP contribution in [0.25, 0.3) is 0 Å². The summed E-state index contributed by atoms with van der Waals surface area (Å²) in [6.45, 7) is 10.4. The highest BCUT2D eigenvalue weighted by Crippen LogP contribution is 2.45. The van der Waals surface area contributed by atoms with Crippen LogP contribution in [0.5, 0.6) is 11.5 Å². The van der Waals surface area contributed by atoms with Crippen LogP contribution in [0.3, 0.4) is 0 Å². The van der Waals surface area contributed by atoms with Gasteiger partial charge in [-0.1, -0.05) is 75.4 Å². The normalized spacial score (nSPS) is 20.1. The first kappa shape index (κ1) is 35.3. The summed E-state index contributed by atoms with van der Waals surface area (Å²) in [4.78, 5) is 27.7. The van der Waals surface area contributed by atoms with E-state index in [9.17, 15) is 14.7 Å². The summed E-state index contributed by atoms with van der Waals surface area (Å²) in [6.07, 6.45) is -2.42. The molecule has 3 aromatic carbocycles. The van der Waals surface area contributed by atoms with Crippen LogP contribution in [-0.4, -0.2) is 62.1 Å². The average molecular weight is 675 g/mol. The quantitative estimate of drug-likeness (QED) is 0.163. The lowest BCUT2D eigenvalue weighted by Gasteiger charge is -2.40. The Morgan fingerprint density at radius 1 is 0.854 bits per heavy atom. The zero-order valence-corrected chi connectivity index (χ0v) is 29.9. The summed E-state index contributed by atoms with van der Waals surface area (Å²) in [7, 11) is 2.31. The van der Waals surface area contributed by atoms with Crippen molar-refractivity contribution in [2.45, 2.75) is 68.9 Å². The number of aryl methyl sites for hydroxylation is 1. The van der Waals surface area contributed by atoms with E-state index in [1.807, 2.05) is 78.9 Å². The molecule has 1 aliphatic heterocycles. The second-order valence-corrected chi connectivity index (χ2v) is 18.5. The molecule has 5 rings (SSSR count). The summed E-state index contributed by atoms with van der Waals surface area (Å²) >= 11 is 0. The summed E-state index contributed by atoms with van der Waals surface area (Å²) in [5.41, 5.74) is 0.422. The number of methoxy groups -OCH3 is 2. The van der Waals surface area contributed by atoms with Gasteiger partial charge in [0, 0.05) is 13.2 Å². The average Bonchev–Trinajstić information content (AvgIpc) is 3.37. The van der Waals surface area contributed by atoms with Gasteiger partial charge in [0.1, 0.15) is 41.5 Å². The van der Waals surface area contributed by atoms with Crippen molar-refractivity contribution in [1.82, 2.24) is 9.55 Å². The summed E-state index contributed by atoms with van der Waals surface area (Å²) in [5, 5.41) is 11.8. The van der Waals surface area contributed by atoms with E-state index < -0.39 is 49.6 Å². The van der Waals surface area contributed by atoms with Gasteiger partial charge in [-0.2, -0.15) is 0 Å². The van der Waals surface area contributed by atoms with E-state index in [0.29, 0.717) is 11.5 Å². The van der Waals surface area contributed by atoms with Crippen LogP contribution in [0.4, 0.5) is 0 Å². The molecule has 11 heteroatoms. The summed E-state index contributed by atoms with van der Waals surface area (Å²) in [6, 6.07) is 25.2. The van der Waals surface area contributed by atoms with Crippen LogP contribution in [0.1, 0.15) is 49.1 Å². The maximum absolute atomic E-state index is 13.2. The number of aromatic nitrogens is 2. The number of nitrogens with zero attached hydrogens (tertiary/aromatic N) is 1. The third-order valence-electron chi connectivity index (χ3n) is 9.65. The van der Waals surface area contributed by atoms with Gasteiger partial charge < -0.3 is 33.0 Å². The summed E-state index contributed by atoms with van der Waals surface area (Å²) in [5.74, 6) is 1.39. The standard InChI is InChI=1S/C37H46N2O8Si/c1-36(2,3)48(7,8)47-33-31(40)30(46-32(33)29-22-39(4)35(42)38-34(29)41)23-45-37(24-12-10-9-11-13-24,25-14-18-27(43-5)19-15-25)26-16-20-28(44-6)21-17-26/h9-22,30-33,40H,23H2,1-8H3,(H,38,41,42)/t30-,31-,32+,33-/m1/s1. The van der Waals surface area contributed by atoms with Crippen LogP contribution in [-0.2, 0) is 26.5 Å². The minimum Gasteiger partial charge on any atom is -0.497 e. The number of H-pyrrole nitrogens is 1. The zero-order chi connectivity index (χ0) is 34.9. The molecular weight excluding hydrogens is 628 g/mol. The molecule has 1 fully saturated rings. The van der Waals surface area contributed by atoms with Gasteiger partial charge in [-0.05, 0) is 59.1 Å². The second-order valence-electron chi connectivity index (χ2n) is 13.7. The van der Waals surface area contributed by atoms with Gasteiger partial charge in [0.2, 0.25) is 0 Å². The molecule has 1 aliphatic rings. The van der Waals surface area contributed by atoms with E-state index in [1.54, 1.807) is 21.3 Å². The van der Waals surface area contributed by atoms with Crippen molar-refractivity contribution in [2.75, 3.05) is 20.8 Å². The number of aliphatic hydroxyl groups is 1. The first-order valence-corrected chi connectivity index (χ1v) is 18.9. The third kappa shape index (κ3) is 6.78. The fourth-order valence-corrected chi connectivity index (χ4v) is 7.14. The molecule has 0 saturated carbocycles. The summed E-state index contributed by atoms with van der Waals surface area (Å²) < 4.78 is 32.6. The largest absolute Gasteiger partial charge is 0.497 e. The SMILES string of the molecule is COc1ccc(C(OC[C@H]2O[C@@H](c3cn(C)c(=O)[nH]c3=O)[C@H](O[Si](C)(C)C(C)(C)C)[C@@H]2O)(c2ccccc2)c2ccc(OC)cc2)cc1. The Kier molecular flexibility index (Phi) is 10.2. The molecule has 0 spiro atoms. The van der Waals surface area contributed by atoms with Crippen molar-refractivity contribution in [1.29, 1.82) is 0 Å². The number of benzene rings is 3. The van der Waals surface area contributed by atoms with Crippen LogP contribution in [0.2, 0.25) is 18.1 Å². The van der Waals surface area contributed by atoms with Gasteiger partial charge in [-0.15, -0.1) is 0 Å². The highest BCUT2D eigenvalue weighted by Gasteiger charge is 2.52. The molecule has 0 aliphatic carbocycles. The van der Waals surface area contributed by atoms with Crippen molar-refractivity contribution in [3.05, 3.63) is 128 Å². The minimum atomic E-state index is -2.48. The molecule has 1 aromatic heterocycles. The van der Waals surface area contributed by atoms with Gasteiger partial charge in [0.05, 0.1) is 26.4 Å². The minimum absolute atomic E-state index is 0.0638. The smallest absolute Gasteiger partial charge is 0.328 e. The maximum Gasteiger partial charge on any atom is 0.328 e. The van der Waals surface area contributed by atoms with E-state index in [0.717, 1.165) is 16.7 Å². The van der Waals surface area contributed by atoms with E-state index in [-0.39, 0.29) is 17.2 Å². The molecule has 4 atom stereocenters. The fourth-order valence-electron chi connectivity index (χ4n) is 5.84. The Morgan fingerprint density at radius 3 is 1.88 bits per heavy atom. The molecule has 1 saturated heterocycles. The van der Waals surface area contributed by atoms with Gasteiger partial charge in [0.25, 0.3) is 5.56 Å². The predicted molar refractivity (Wildman–Crippen MR) is 186 cm³/mol. The van der Waals surface area contributed by atoms with E-state index >= 15 is 0 Å². The highest BCUT2D eigenvalue weighted by molar-refractivity contribution is 6.74. The van der Waals surface area contributed by atoms with Gasteiger partial charge in [0.15, 0.2) is 8.32 Å². The molecular formula is C37H46N2O8Si. The van der Waals surface area contributed by atoms with Gasteiger partial charge in [-0.3, -0.25) is 9.78 Å². The Labute approximate surface area is 282 Å². The van der Waals surface area contributed by atoms with Crippen LogP contribution >= 0.6 is 0 Å². The van der Waals surface area contributed by atoms with Crippen molar-refractivity contribution >= 4 is 8.32 Å². The van der Waals surface area contributed by atoms with E-state index in [4.69, 9.17) is 23.4 Å². The Bertz CT molecular complexity index is 1750. The molecule has 4 aromatic rings. The van der Waals surface area contributed by atoms with Gasteiger partial charge >= 0.3 is 5.69 Å². The monoisotopic (exact) mass is 674 g/mol. The van der Waals surface area contributed by atoms with Gasteiger partial charge in [-0.25, -0.2) is 4.79 Å². The van der Waals surface area contributed by atoms with Crippen molar-refractivity contribution in [2.24, 2.45) is 7.05 Å². The van der Waals surface area contributed by atoms with Crippen LogP contribution in [0.15, 0.2) is 94.6 Å². The lowest BCUT2D eigenvalue weighted by Crippen LogP contribution is -2.49. The molecule has 2 N–H and O–H groups in total. The number of rotatable bonds is 11. The van der Waals surface area contributed by atoms with Crippen LogP contribution in [0, 0.1) is 0 Å². The molecule has 48 heavy (non-hydrogen) atoms. The Balaban J connectivity index is 1.60. The second kappa shape index (κ2) is 13.8. The number of ether oxygens (including phenoxy) is 4. The maximum atomic E-state index is 13.2. The number of hydrogen-bond acceptors (Lipinski definition) is 8. The van der Waals surface area contributed by atoms with Crippen molar-refractivity contribution in [3.63, 3.8) is 0 Å². The molecule has 2 heterocycles. The number of nitrogens with one attached hydrogen (secondary N) is 1. The molecule has 0 radical (unpaired) electrons. The highest BCUT2D eigenvalue weighted by atomic mass is 28.4. The first-order valence-electron chi connectivity index (χ1n) is 16.0. The van der Waals surface area contributed by atoms with Crippen molar-refractivity contribution < 1.29 is 28.5 Å². The molecule has 10 nitrogen and oxygen atoms in total. The number of aliphatic hydroxyl groups excluding tert-OH is 1. The van der Waals surface area contributed by atoms with Crippen LogP contribution < -0.4 is 20.7 Å². The molecule has 0 unspecified atom stereocenters. The molecule has 0 bridgehead atoms. The fraction of sp³-hybridized carbons (Fsp3) is 0.405. The number of hydrogen-bond donors (Lipinski definition) is 2. The Hall–Kier alpha value is -4.00. The Morgan fingerprint density at radius 2 is 1.38 bits per heavy atom. The van der Waals surface area contributed by atoms with E-state index in [2.05, 4.69) is 38.8 Å². The third-order valence-corrected chi connectivity index (χ3v) is 14.1. The molecule has 0 amide bonds.